The van der Waals surface area contributed by atoms with Crippen molar-refractivity contribution in [2.75, 3.05) is 19.0 Å². The molecule has 10 heteroatoms. The molecule has 0 spiro atoms. The lowest BCUT2D eigenvalue weighted by molar-refractivity contribution is -0.137. The number of hydrogen-bond acceptors (Lipinski definition) is 5. The highest BCUT2D eigenvalue weighted by molar-refractivity contribution is 5.78. The number of benzene rings is 1. The third kappa shape index (κ3) is 3.48. The van der Waals surface area contributed by atoms with E-state index in [4.69, 9.17) is 0 Å². The fourth-order valence-corrected chi connectivity index (χ4v) is 3.51. The van der Waals surface area contributed by atoms with Crippen LogP contribution in [0.4, 0.5) is 19.1 Å². The van der Waals surface area contributed by atoms with Crippen molar-refractivity contribution >= 4 is 17.0 Å². The predicted molar refractivity (Wildman–Crippen MR) is 101 cm³/mol. The van der Waals surface area contributed by atoms with E-state index in [0.29, 0.717) is 17.2 Å². The van der Waals surface area contributed by atoms with Gasteiger partial charge in [0.25, 0.3) is 5.56 Å². The molecule has 1 saturated carbocycles. The summed E-state index contributed by atoms with van der Waals surface area (Å²) in [5, 5.41) is 14.3. The summed E-state index contributed by atoms with van der Waals surface area (Å²) >= 11 is 0. The van der Waals surface area contributed by atoms with Gasteiger partial charge in [0.05, 0.1) is 18.2 Å². The lowest BCUT2D eigenvalue weighted by Gasteiger charge is -2.19. The highest BCUT2D eigenvalue weighted by atomic mass is 19.4. The Bertz CT molecular complexity index is 1100. The molecule has 0 radical (unpaired) electrons. The summed E-state index contributed by atoms with van der Waals surface area (Å²) in [4.78, 5) is 21.4. The summed E-state index contributed by atoms with van der Waals surface area (Å²) in [6, 6.07) is 4.61. The number of aliphatic hydroxyl groups excluding tert-OH is 1. The predicted octanol–water partition coefficient (Wildman–Crippen LogP) is 2.70. The second kappa shape index (κ2) is 6.87. The number of aromatic nitrogens is 4. The van der Waals surface area contributed by atoms with Crippen molar-refractivity contribution in [1.29, 1.82) is 0 Å². The van der Waals surface area contributed by atoms with E-state index in [-0.39, 0.29) is 23.0 Å². The van der Waals surface area contributed by atoms with Crippen LogP contribution in [0.15, 0.2) is 29.1 Å². The van der Waals surface area contributed by atoms with Crippen LogP contribution < -0.4 is 10.5 Å². The van der Waals surface area contributed by atoms with Crippen molar-refractivity contribution < 1.29 is 18.3 Å². The Kier molecular flexibility index (Phi) is 4.60. The molecule has 0 unspecified atom stereocenters. The van der Waals surface area contributed by atoms with Gasteiger partial charge in [-0.3, -0.25) is 9.78 Å². The molecule has 0 bridgehead atoms. The minimum atomic E-state index is -4.41. The number of alkyl halides is 3. The number of rotatable bonds is 5. The van der Waals surface area contributed by atoms with Crippen LogP contribution in [0.5, 0.6) is 0 Å². The van der Waals surface area contributed by atoms with Gasteiger partial charge in [-0.15, -0.1) is 0 Å². The molecule has 0 aliphatic heterocycles. The summed E-state index contributed by atoms with van der Waals surface area (Å²) in [5.41, 5.74) is 0.00962. The van der Waals surface area contributed by atoms with Crippen molar-refractivity contribution in [3.63, 3.8) is 0 Å². The Labute approximate surface area is 163 Å². The smallest absolute Gasteiger partial charge is 0.390 e. The first kappa shape index (κ1) is 19.4. The average molecular weight is 407 g/mol. The Balaban J connectivity index is 1.89. The average Bonchev–Trinajstić information content (AvgIpc) is 3.42. The van der Waals surface area contributed by atoms with Crippen LogP contribution in [-0.2, 0) is 12.8 Å². The van der Waals surface area contributed by atoms with E-state index < -0.39 is 23.9 Å². The summed E-state index contributed by atoms with van der Waals surface area (Å²) in [6.45, 7) is -0.444. The van der Waals surface area contributed by atoms with Gasteiger partial charge in [-0.2, -0.15) is 23.3 Å². The summed E-state index contributed by atoms with van der Waals surface area (Å²) in [7, 11) is 3.46. The van der Waals surface area contributed by atoms with E-state index in [1.807, 2.05) is 0 Å². The number of fused-ring (bicyclic) bond motifs is 1. The van der Waals surface area contributed by atoms with Crippen molar-refractivity contribution in [2.24, 2.45) is 5.92 Å². The standard InChI is InChI=1S/C19H20F3N5O2/c1-26(2)18-23-16-14(17(29)24-18)13(9-28)25-27(16)15(10-3-4-10)11-5-7-12(8-6-11)19(20,21)22/h5-8,10,15,28H,3-4,9H2,1-2H3,(H,23,24,29)/t15-/m1/s1. The molecule has 1 aliphatic carbocycles. The SMILES string of the molecule is CN(C)c1nc2c(c(CO)nn2[C@@H](c2ccc(C(F)(F)F)cc2)C2CC2)c(=O)[nH]1. The van der Waals surface area contributed by atoms with Crippen LogP contribution in [0.3, 0.4) is 0 Å². The fourth-order valence-electron chi connectivity index (χ4n) is 3.51. The Hall–Kier alpha value is -2.88. The van der Waals surface area contributed by atoms with Gasteiger partial charge in [-0.05, 0) is 36.5 Å². The third-order valence-corrected chi connectivity index (χ3v) is 5.11. The number of H-pyrrole nitrogens is 1. The third-order valence-electron chi connectivity index (χ3n) is 5.11. The van der Waals surface area contributed by atoms with Gasteiger partial charge in [0.2, 0.25) is 5.95 Å². The first-order valence-corrected chi connectivity index (χ1v) is 9.17. The monoisotopic (exact) mass is 407 g/mol. The number of hydrogen-bond donors (Lipinski definition) is 2. The van der Waals surface area contributed by atoms with E-state index in [1.54, 1.807) is 23.7 Å². The van der Waals surface area contributed by atoms with E-state index in [9.17, 15) is 23.1 Å². The maximum atomic E-state index is 12.9. The molecule has 0 saturated heterocycles. The van der Waals surface area contributed by atoms with Gasteiger partial charge in [0, 0.05) is 14.1 Å². The zero-order valence-electron chi connectivity index (χ0n) is 15.9. The van der Waals surface area contributed by atoms with Gasteiger partial charge in [0.15, 0.2) is 5.65 Å². The number of nitrogens with zero attached hydrogens (tertiary/aromatic N) is 4. The molecular formula is C19H20F3N5O2. The van der Waals surface area contributed by atoms with Gasteiger partial charge in [0.1, 0.15) is 11.1 Å². The minimum Gasteiger partial charge on any atom is -0.390 e. The fraction of sp³-hybridized carbons (Fsp3) is 0.421. The Morgan fingerprint density at radius 1 is 1.28 bits per heavy atom. The summed E-state index contributed by atoms with van der Waals surface area (Å²) in [5.74, 6) is 0.500. The first-order valence-electron chi connectivity index (χ1n) is 9.17. The molecule has 2 heterocycles. The van der Waals surface area contributed by atoms with Gasteiger partial charge in [-0.25, -0.2) is 4.68 Å². The maximum Gasteiger partial charge on any atom is 0.416 e. The van der Waals surface area contributed by atoms with Crippen LogP contribution in [0.2, 0.25) is 0 Å². The highest BCUT2D eigenvalue weighted by Crippen LogP contribution is 2.44. The Morgan fingerprint density at radius 3 is 2.45 bits per heavy atom. The molecule has 3 aromatic rings. The Morgan fingerprint density at radius 2 is 1.93 bits per heavy atom. The molecule has 29 heavy (non-hydrogen) atoms. The van der Waals surface area contributed by atoms with Gasteiger partial charge < -0.3 is 10.0 Å². The molecule has 154 valence electrons. The van der Waals surface area contributed by atoms with Crippen molar-refractivity contribution in [3.8, 4) is 0 Å². The molecule has 1 aromatic carbocycles. The van der Waals surface area contributed by atoms with Crippen LogP contribution in [0.1, 0.15) is 35.7 Å². The lowest BCUT2D eigenvalue weighted by atomic mass is 10.0. The lowest BCUT2D eigenvalue weighted by Crippen LogP contribution is -2.21. The molecule has 2 N–H and O–H groups in total. The van der Waals surface area contributed by atoms with Gasteiger partial charge in [-0.1, -0.05) is 12.1 Å². The molecule has 2 aromatic heterocycles. The molecule has 1 atom stereocenters. The van der Waals surface area contributed by atoms with Crippen molar-refractivity contribution in [1.82, 2.24) is 19.7 Å². The molecular weight excluding hydrogens is 387 g/mol. The largest absolute Gasteiger partial charge is 0.416 e. The molecule has 7 nitrogen and oxygen atoms in total. The number of halogens is 3. The molecule has 1 aliphatic rings. The van der Waals surface area contributed by atoms with Crippen molar-refractivity contribution in [3.05, 3.63) is 51.4 Å². The second-order valence-corrected chi connectivity index (χ2v) is 7.43. The maximum absolute atomic E-state index is 12.9. The topological polar surface area (TPSA) is 87.0 Å². The zero-order valence-corrected chi connectivity index (χ0v) is 15.9. The zero-order chi connectivity index (χ0) is 20.9. The summed E-state index contributed by atoms with van der Waals surface area (Å²) < 4.78 is 40.4. The van der Waals surface area contributed by atoms with Gasteiger partial charge >= 0.3 is 6.18 Å². The number of nitrogens with one attached hydrogen (secondary N) is 1. The van der Waals surface area contributed by atoms with Crippen LogP contribution >= 0.6 is 0 Å². The first-order chi connectivity index (χ1) is 13.7. The molecule has 1 fully saturated rings. The van der Waals surface area contributed by atoms with E-state index >= 15 is 0 Å². The van der Waals surface area contributed by atoms with Crippen LogP contribution in [-0.4, -0.2) is 39.0 Å². The molecule has 0 amide bonds. The van der Waals surface area contributed by atoms with E-state index in [1.165, 1.54) is 12.1 Å². The van der Waals surface area contributed by atoms with E-state index in [0.717, 1.165) is 25.0 Å². The molecule has 4 rings (SSSR count). The van der Waals surface area contributed by atoms with Crippen LogP contribution in [0.25, 0.3) is 11.0 Å². The minimum absolute atomic E-state index is 0.172. The normalized spacial score (nSPS) is 15.7. The van der Waals surface area contributed by atoms with Crippen molar-refractivity contribution in [2.45, 2.75) is 31.7 Å². The number of aromatic amines is 1. The summed E-state index contributed by atoms with van der Waals surface area (Å²) in [6.07, 6.45) is -2.62. The van der Waals surface area contributed by atoms with Crippen LogP contribution in [0, 0.1) is 5.92 Å². The highest BCUT2D eigenvalue weighted by Gasteiger charge is 2.37. The number of anilines is 1. The quantitative estimate of drug-likeness (QED) is 0.679. The second-order valence-electron chi connectivity index (χ2n) is 7.43. The van der Waals surface area contributed by atoms with E-state index in [2.05, 4.69) is 15.1 Å². The number of aliphatic hydroxyl groups is 1.